The van der Waals surface area contributed by atoms with Crippen molar-refractivity contribution in [2.24, 2.45) is 5.92 Å². The molecule has 2 nitrogen and oxygen atoms in total. The summed E-state index contributed by atoms with van der Waals surface area (Å²) in [6.45, 7) is 11.1. The van der Waals surface area contributed by atoms with Crippen LogP contribution >= 0.6 is 0 Å². The van der Waals surface area contributed by atoms with Gasteiger partial charge in [0.25, 0.3) is 0 Å². The molecular weight excluding hydrogens is 232 g/mol. The standard InChI is InChI=1S/C17H36N2/c1-3-4-5-6-7-9-12-18-15-17(2)16-19-13-10-8-11-14-19/h17-18H,3-16H2,1-2H3. The Morgan fingerprint density at radius 1 is 0.947 bits per heavy atom. The van der Waals surface area contributed by atoms with Crippen LogP contribution in [0.5, 0.6) is 0 Å². The summed E-state index contributed by atoms with van der Waals surface area (Å²) in [6, 6.07) is 0. The Bertz CT molecular complexity index is 188. The summed E-state index contributed by atoms with van der Waals surface area (Å²) in [7, 11) is 0. The van der Waals surface area contributed by atoms with Crippen molar-refractivity contribution in [1.29, 1.82) is 0 Å². The van der Waals surface area contributed by atoms with Crippen LogP contribution < -0.4 is 5.32 Å². The molecule has 114 valence electrons. The zero-order valence-corrected chi connectivity index (χ0v) is 13.4. The van der Waals surface area contributed by atoms with Crippen LogP contribution in [0.4, 0.5) is 0 Å². The Hall–Kier alpha value is -0.0800. The van der Waals surface area contributed by atoms with Crippen molar-refractivity contribution in [3.05, 3.63) is 0 Å². The smallest absolute Gasteiger partial charge is 0.00191 e. The van der Waals surface area contributed by atoms with Crippen molar-refractivity contribution >= 4 is 0 Å². The van der Waals surface area contributed by atoms with Gasteiger partial charge in [-0.1, -0.05) is 52.4 Å². The van der Waals surface area contributed by atoms with E-state index in [4.69, 9.17) is 0 Å². The highest BCUT2D eigenvalue weighted by Crippen LogP contribution is 2.10. The molecule has 0 bridgehead atoms. The molecule has 2 heteroatoms. The highest BCUT2D eigenvalue weighted by molar-refractivity contribution is 4.68. The van der Waals surface area contributed by atoms with Gasteiger partial charge in [0.2, 0.25) is 0 Å². The minimum absolute atomic E-state index is 0.804. The van der Waals surface area contributed by atoms with Crippen molar-refractivity contribution in [2.75, 3.05) is 32.7 Å². The first-order valence-corrected chi connectivity index (χ1v) is 8.76. The monoisotopic (exact) mass is 268 g/mol. The lowest BCUT2D eigenvalue weighted by Crippen LogP contribution is -2.36. The molecule has 1 N–H and O–H groups in total. The molecule has 0 radical (unpaired) electrons. The number of likely N-dealkylation sites (tertiary alicyclic amines) is 1. The topological polar surface area (TPSA) is 15.3 Å². The molecule has 0 saturated carbocycles. The summed E-state index contributed by atoms with van der Waals surface area (Å²) >= 11 is 0. The van der Waals surface area contributed by atoms with Gasteiger partial charge in [-0.25, -0.2) is 0 Å². The molecule has 19 heavy (non-hydrogen) atoms. The summed E-state index contributed by atoms with van der Waals surface area (Å²) in [5.74, 6) is 0.804. The first kappa shape index (κ1) is 17.0. The zero-order valence-electron chi connectivity index (χ0n) is 13.4. The predicted molar refractivity (Wildman–Crippen MR) is 85.7 cm³/mol. The zero-order chi connectivity index (χ0) is 13.8. The van der Waals surface area contributed by atoms with Crippen LogP contribution in [0.15, 0.2) is 0 Å². The van der Waals surface area contributed by atoms with E-state index in [0.29, 0.717) is 0 Å². The van der Waals surface area contributed by atoms with Gasteiger partial charge in [-0.2, -0.15) is 0 Å². The molecule has 0 amide bonds. The summed E-state index contributed by atoms with van der Waals surface area (Å²) < 4.78 is 0. The van der Waals surface area contributed by atoms with E-state index in [0.717, 1.165) is 5.92 Å². The van der Waals surface area contributed by atoms with Gasteiger partial charge in [-0.05, 0) is 51.4 Å². The third kappa shape index (κ3) is 9.45. The van der Waals surface area contributed by atoms with Crippen molar-refractivity contribution in [3.63, 3.8) is 0 Å². The van der Waals surface area contributed by atoms with E-state index in [1.165, 1.54) is 90.5 Å². The molecule has 1 atom stereocenters. The molecule has 0 aromatic carbocycles. The summed E-state index contributed by atoms with van der Waals surface area (Å²) in [5, 5.41) is 3.64. The van der Waals surface area contributed by atoms with Gasteiger partial charge in [-0.3, -0.25) is 0 Å². The van der Waals surface area contributed by atoms with E-state index in [2.05, 4.69) is 24.1 Å². The second-order valence-corrected chi connectivity index (χ2v) is 6.44. The Morgan fingerprint density at radius 2 is 1.63 bits per heavy atom. The number of rotatable bonds is 11. The normalized spacial score (nSPS) is 18.6. The molecule has 0 aliphatic carbocycles. The molecule has 0 spiro atoms. The Kier molecular flexibility index (Phi) is 10.5. The second kappa shape index (κ2) is 11.7. The highest BCUT2D eigenvalue weighted by Gasteiger charge is 2.12. The number of nitrogens with one attached hydrogen (secondary N) is 1. The van der Waals surface area contributed by atoms with Gasteiger partial charge in [0.05, 0.1) is 0 Å². The van der Waals surface area contributed by atoms with Crippen molar-refractivity contribution in [2.45, 2.75) is 71.6 Å². The Labute approximate surface area is 121 Å². The molecule has 1 aliphatic heterocycles. The third-order valence-corrected chi connectivity index (χ3v) is 4.22. The molecule has 1 heterocycles. The van der Waals surface area contributed by atoms with E-state index >= 15 is 0 Å². The van der Waals surface area contributed by atoms with Crippen LogP contribution in [-0.2, 0) is 0 Å². The fourth-order valence-electron chi connectivity index (χ4n) is 3.03. The van der Waals surface area contributed by atoms with E-state index in [9.17, 15) is 0 Å². The van der Waals surface area contributed by atoms with Crippen LogP contribution in [0.25, 0.3) is 0 Å². The lowest BCUT2D eigenvalue weighted by Gasteiger charge is -2.29. The molecular formula is C17H36N2. The van der Waals surface area contributed by atoms with E-state index in [1.807, 2.05) is 0 Å². The summed E-state index contributed by atoms with van der Waals surface area (Å²) in [4.78, 5) is 2.65. The van der Waals surface area contributed by atoms with Crippen LogP contribution in [0.2, 0.25) is 0 Å². The van der Waals surface area contributed by atoms with Gasteiger partial charge < -0.3 is 10.2 Å². The third-order valence-electron chi connectivity index (χ3n) is 4.22. The molecule has 1 aliphatic rings. The fourth-order valence-corrected chi connectivity index (χ4v) is 3.03. The second-order valence-electron chi connectivity index (χ2n) is 6.44. The summed E-state index contributed by atoms with van der Waals surface area (Å²) in [6.07, 6.45) is 12.7. The number of unbranched alkanes of at least 4 members (excludes halogenated alkanes) is 5. The van der Waals surface area contributed by atoms with E-state index < -0.39 is 0 Å². The number of piperidine rings is 1. The van der Waals surface area contributed by atoms with Crippen molar-refractivity contribution in [3.8, 4) is 0 Å². The maximum atomic E-state index is 3.64. The van der Waals surface area contributed by atoms with Gasteiger partial charge in [0.1, 0.15) is 0 Å². The first-order chi connectivity index (χ1) is 9.33. The molecule has 1 unspecified atom stereocenters. The Balaban J connectivity index is 1.85. The van der Waals surface area contributed by atoms with Crippen LogP contribution in [0.1, 0.15) is 71.6 Å². The minimum Gasteiger partial charge on any atom is -0.316 e. The van der Waals surface area contributed by atoms with Gasteiger partial charge in [-0.15, -0.1) is 0 Å². The maximum absolute atomic E-state index is 3.64. The molecule has 1 fully saturated rings. The highest BCUT2D eigenvalue weighted by atomic mass is 15.1. The van der Waals surface area contributed by atoms with Crippen LogP contribution in [-0.4, -0.2) is 37.6 Å². The average Bonchev–Trinajstić information content (AvgIpc) is 2.43. The molecule has 0 aromatic heterocycles. The van der Waals surface area contributed by atoms with E-state index in [1.54, 1.807) is 0 Å². The maximum Gasteiger partial charge on any atom is 0.00191 e. The number of nitrogens with zero attached hydrogens (tertiary/aromatic N) is 1. The minimum atomic E-state index is 0.804. The first-order valence-electron chi connectivity index (χ1n) is 8.76. The van der Waals surface area contributed by atoms with Crippen LogP contribution in [0, 0.1) is 5.92 Å². The SMILES string of the molecule is CCCCCCCCNCC(C)CN1CCCCC1. The lowest BCUT2D eigenvalue weighted by molar-refractivity contribution is 0.199. The predicted octanol–water partition coefficient (Wildman–Crippen LogP) is 4.06. The summed E-state index contributed by atoms with van der Waals surface area (Å²) in [5.41, 5.74) is 0. The number of hydrogen-bond donors (Lipinski definition) is 1. The van der Waals surface area contributed by atoms with Gasteiger partial charge in [0, 0.05) is 6.54 Å². The number of hydrogen-bond acceptors (Lipinski definition) is 2. The van der Waals surface area contributed by atoms with Crippen molar-refractivity contribution in [1.82, 2.24) is 10.2 Å². The fraction of sp³-hybridized carbons (Fsp3) is 1.00. The van der Waals surface area contributed by atoms with Gasteiger partial charge >= 0.3 is 0 Å². The molecule has 1 rings (SSSR count). The molecule has 0 aromatic rings. The largest absolute Gasteiger partial charge is 0.316 e. The lowest BCUT2D eigenvalue weighted by atomic mass is 10.1. The van der Waals surface area contributed by atoms with Gasteiger partial charge in [0.15, 0.2) is 0 Å². The van der Waals surface area contributed by atoms with Crippen LogP contribution in [0.3, 0.4) is 0 Å². The average molecular weight is 268 g/mol. The Morgan fingerprint density at radius 3 is 2.37 bits per heavy atom. The van der Waals surface area contributed by atoms with Crippen molar-refractivity contribution < 1.29 is 0 Å². The van der Waals surface area contributed by atoms with E-state index in [-0.39, 0.29) is 0 Å². The molecule has 1 saturated heterocycles. The quantitative estimate of drug-likeness (QED) is 0.569.